The van der Waals surface area contributed by atoms with E-state index < -0.39 is 23.7 Å². The van der Waals surface area contributed by atoms with Gasteiger partial charge < -0.3 is 29.9 Å². The van der Waals surface area contributed by atoms with Gasteiger partial charge in [0, 0.05) is 17.7 Å². The number of unbranched alkanes of at least 4 members (excludes halogenated alkanes) is 3. The minimum absolute atomic E-state index is 0.0758. The number of nitrogens with two attached hydrogens (primary N) is 1. The number of amides is 1. The average molecular weight is 596 g/mol. The molecule has 10 heteroatoms. The first-order valence-corrected chi connectivity index (χ1v) is 15.5. The molecule has 4 aromatic rings. The molecule has 228 valence electrons. The van der Waals surface area contributed by atoms with Gasteiger partial charge >= 0.3 is 0 Å². The van der Waals surface area contributed by atoms with E-state index in [0.717, 1.165) is 54.3 Å². The van der Waals surface area contributed by atoms with Gasteiger partial charge in [0.05, 0.1) is 6.04 Å². The highest BCUT2D eigenvalue weighted by Gasteiger charge is 2.61. The predicted octanol–water partition coefficient (Wildman–Crippen LogP) is 5.44. The maximum absolute atomic E-state index is 13.3. The molecule has 1 spiro atoms. The molecule has 0 saturated heterocycles. The maximum atomic E-state index is 13.3. The lowest BCUT2D eigenvalue weighted by molar-refractivity contribution is -0.123. The number of carbonyl (C=O) groups excluding carboxylic acids is 2. The van der Waals surface area contributed by atoms with Crippen molar-refractivity contribution in [3.63, 3.8) is 0 Å². The van der Waals surface area contributed by atoms with E-state index >= 15 is 0 Å². The van der Waals surface area contributed by atoms with Gasteiger partial charge in [-0.3, -0.25) is 9.59 Å². The third-order valence-corrected chi connectivity index (χ3v) is 9.07. The van der Waals surface area contributed by atoms with Crippen molar-refractivity contribution in [1.82, 2.24) is 15.3 Å². The van der Waals surface area contributed by atoms with E-state index in [1.165, 1.54) is 0 Å². The Bertz CT molecular complexity index is 1740. The molecule has 3 aliphatic heterocycles. The van der Waals surface area contributed by atoms with Gasteiger partial charge in [-0.15, -0.1) is 0 Å². The number of benzene rings is 2. The molecule has 0 fully saturated rings. The molecule has 3 aliphatic rings. The molecule has 0 saturated carbocycles. The van der Waals surface area contributed by atoms with Gasteiger partial charge in [0.15, 0.2) is 24.0 Å². The van der Waals surface area contributed by atoms with Gasteiger partial charge in [-0.05, 0) is 42.0 Å². The van der Waals surface area contributed by atoms with Crippen molar-refractivity contribution in [3.05, 3.63) is 82.3 Å². The van der Waals surface area contributed by atoms with E-state index in [0.29, 0.717) is 41.7 Å². The van der Waals surface area contributed by atoms with Crippen LogP contribution >= 0.6 is 0 Å². The number of anilines is 1. The third kappa shape index (κ3) is 4.34. The number of rotatable bonds is 8. The Morgan fingerprint density at radius 3 is 2.70 bits per heavy atom. The predicted molar refractivity (Wildman–Crippen MR) is 163 cm³/mol. The summed E-state index contributed by atoms with van der Waals surface area (Å²) >= 11 is 0. The zero-order valence-electron chi connectivity index (χ0n) is 25.2. The number of aromatic nitrogens is 2. The minimum atomic E-state index is -0.964. The van der Waals surface area contributed by atoms with Crippen LogP contribution in [0.1, 0.15) is 97.1 Å². The van der Waals surface area contributed by atoms with Gasteiger partial charge in [-0.2, -0.15) is 0 Å². The van der Waals surface area contributed by atoms with Gasteiger partial charge in [-0.1, -0.05) is 70.4 Å². The molecule has 0 aliphatic carbocycles. The summed E-state index contributed by atoms with van der Waals surface area (Å²) in [7, 11) is 0. The van der Waals surface area contributed by atoms with Crippen molar-refractivity contribution in [2.45, 2.75) is 83.0 Å². The molecule has 4 bridgehead atoms. The molecule has 1 amide bonds. The van der Waals surface area contributed by atoms with Crippen LogP contribution in [0.4, 0.5) is 5.69 Å². The molecule has 10 nitrogen and oxygen atoms in total. The number of carbonyl (C=O) groups is 2. The van der Waals surface area contributed by atoms with Crippen LogP contribution in [0, 0.1) is 5.92 Å². The van der Waals surface area contributed by atoms with E-state index in [-0.39, 0.29) is 23.4 Å². The fourth-order valence-electron chi connectivity index (χ4n) is 6.80. The lowest BCUT2D eigenvalue weighted by atomic mass is 9.72. The van der Waals surface area contributed by atoms with Crippen LogP contribution in [0.5, 0.6) is 5.75 Å². The van der Waals surface area contributed by atoms with Crippen molar-refractivity contribution in [1.29, 1.82) is 0 Å². The normalized spacial score (nSPS) is 23.2. The van der Waals surface area contributed by atoms with Crippen LogP contribution in [0.3, 0.4) is 0 Å². The number of oxazole rings is 2. The lowest BCUT2D eigenvalue weighted by Crippen LogP contribution is -2.45. The van der Waals surface area contributed by atoms with E-state index in [1.54, 1.807) is 0 Å². The Morgan fingerprint density at radius 2 is 1.91 bits per heavy atom. The SMILES string of the molecule is CCCCCCc1oc(-c2nc3oc2C24c5ccccc5NC2Oc2ccc(cc24)C[C@H](N)C(=O)N[C@H]3C(C)C)nc1C=O. The van der Waals surface area contributed by atoms with Crippen molar-refractivity contribution in [2.75, 3.05) is 5.32 Å². The summed E-state index contributed by atoms with van der Waals surface area (Å²) in [6.07, 6.45) is 5.26. The van der Waals surface area contributed by atoms with Crippen LogP contribution in [-0.2, 0) is 23.1 Å². The summed E-state index contributed by atoms with van der Waals surface area (Å²) in [4.78, 5) is 35.1. The molecule has 0 radical (unpaired) electrons. The maximum Gasteiger partial charge on any atom is 0.249 e. The molecule has 4 N–H and O–H groups in total. The second kappa shape index (κ2) is 10.9. The molecule has 44 heavy (non-hydrogen) atoms. The molecule has 5 heterocycles. The fourth-order valence-corrected chi connectivity index (χ4v) is 6.80. The largest absolute Gasteiger partial charge is 0.469 e. The first-order chi connectivity index (χ1) is 21.3. The summed E-state index contributed by atoms with van der Waals surface area (Å²) in [6, 6.07) is 12.6. The van der Waals surface area contributed by atoms with Crippen molar-refractivity contribution in [2.24, 2.45) is 11.7 Å². The Balaban J connectivity index is 1.49. The van der Waals surface area contributed by atoms with Gasteiger partial charge in [0.1, 0.15) is 28.7 Å². The topological polar surface area (TPSA) is 146 Å². The second-order valence-corrected chi connectivity index (χ2v) is 12.4. The fraction of sp³-hybridized carbons (Fsp3) is 0.412. The highest BCUT2D eigenvalue weighted by Crippen LogP contribution is 2.59. The van der Waals surface area contributed by atoms with E-state index in [9.17, 15) is 9.59 Å². The van der Waals surface area contributed by atoms with Crippen LogP contribution in [0.15, 0.2) is 51.3 Å². The molecular formula is C34H37N5O5. The summed E-state index contributed by atoms with van der Waals surface area (Å²) in [5, 5.41) is 6.64. The van der Waals surface area contributed by atoms with Crippen molar-refractivity contribution < 1.29 is 23.2 Å². The van der Waals surface area contributed by atoms with Gasteiger partial charge in [-0.25, -0.2) is 9.97 Å². The lowest BCUT2D eigenvalue weighted by Gasteiger charge is -2.28. The summed E-state index contributed by atoms with van der Waals surface area (Å²) in [6.45, 7) is 6.14. The standard InChI is InChI=1S/C34H37N5O5/c1-4-5-6-7-12-26-24(17-40)36-32(42-26)28-29-34-20-10-8-9-11-23(20)37-33(34)43-25-14-13-19(15-21(25)34)16-22(35)30(41)38-27(18(2)3)31(39-28)44-29/h8-11,13-15,17-18,22,27,33,37H,4-7,12,16,35H2,1-3H3,(H,38,41)/t22-,27-,33?,34?/m0/s1. The quantitative estimate of drug-likeness (QED) is 0.179. The Morgan fingerprint density at radius 1 is 1.07 bits per heavy atom. The number of nitrogens with one attached hydrogen (secondary N) is 2. The minimum Gasteiger partial charge on any atom is -0.469 e. The molecule has 4 atom stereocenters. The smallest absolute Gasteiger partial charge is 0.249 e. The Kier molecular flexibility index (Phi) is 7.04. The molecule has 7 rings (SSSR count). The first kappa shape index (κ1) is 28.3. The summed E-state index contributed by atoms with van der Waals surface area (Å²) in [5.41, 5.74) is 9.74. The first-order valence-electron chi connectivity index (χ1n) is 15.5. The number of para-hydroxylation sites is 1. The highest BCUT2D eigenvalue weighted by molar-refractivity contribution is 5.83. The van der Waals surface area contributed by atoms with Crippen molar-refractivity contribution >= 4 is 17.9 Å². The number of hydrogen-bond donors (Lipinski definition) is 3. The van der Waals surface area contributed by atoms with Gasteiger partial charge in [0.25, 0.3) is 0 Å². The van der Waals surface area contributed by atoms with Crippen molar-refractivity contribution in [3.8, 4) is 17.3 Å². The Labute approximate surface area is 255 Å². The number of aldehydes is 1. The Hall–Kier alpha value is -4.44. The zero-order valence-corrected chi connectivity index (χ0v) is 25.2. The van der Waals surface area contributed by atoms with E-state index in [2.05, 4.69) is 28.6 Å². The number of ether oxygens (including phenoxy) is 1. The van der Waals surface area contributed by atoms with Gasteiger partial charge in [0.2, 0.25) is 17.7 Å². The van der Waals surface area contributed by atoms with Crippen LogP contribution in [-0.4, -0.2) is 34.4 Å². The summed E-state index contributed by atoms with van der Waals surface area (Å²) in [5.74, 6) is 1.84. The van der Waals surface area contributed by atoms with Crippen LogP contribution in [0.2, 0.25) is 0 Å². The van der Waals surface area contributed by atoms with E-state index in [1.807, 2.05) is 50.2 Å². The monoisotopic (exact) mass is 595 g/mol. The average Bonchev–Trinajstić information content (AvgIpc) is 3.77. The highest BCUT2D eigenvalue weighted by atomic mass is 16.5. The zero-order chi connectivity index (χ0) is 30.6. The third-order valence-electron chi connectivity index (χ3n) is 9.07. The molecule has 2 aromatic heterocycles. The summed E-state index contributed by atoms with van der Waals surface area (Å²) < 4.78 is 19.7. The second-order valence-electron chi connectivity index (χ2n) is 12.4. The van der Waals surface area contributed by atoms with Crippen LogP contribution < -0.4 is 21.1 Å². The van der Waals surface area contributed by atoms with E-state index in [4.69, 9.17) is 24.3 Å². The molecular weight excluding hydrogens is 558 g/mol. The number of aryl methyl sites for hydroxylation is 1. The molecule has 2 aromatic carbocycles. The number of fused-ring (bicyclic) bond motifs is 4. The number of hydrogen-bond acceptors (Lipinski definition) is 9. The number of nitrogens with zero attached hydrogens (tertiary/aromatic N) is 2. The van der Waals surface area contributed by atoms with Crippen LogP contribution in [0.25, 0.3) is 11.6 Å². The molecule has 2 unspecified atom stereocenters.